The number of fused-ring (bicyclic) bond motifs is 1. The van der Waals surface area contributed by atoms with Gasteiger partial charge in [0.05, 0.1) is 19.6 Å². The Labute approximate surface area is 252 Å². The van der Waals surface area contributed by atoms with Crippen molar-refractivity contribution < 1.29 is 14.3 Å². The number of carbonyl (C=O) groups is 1. The van der Waals surface area contributed by atoms with E-state index in [2.05, 4.69) is 45.4 Å². The monoisotopic (exact) mass is 574 g/mol. The van der Waals surface area contributed by atoms with Crippen molar-refractivity contribution in [2.75, 3.05) is 62.7 Å². The number of benzene rings is 1. The zero-order valence-electron chi connectivity index (χ0n) is 26.0. The quantitative estimate of drug-likeness (QED) is 0.353. The number of rotatable bonds is 10. The highest BCUT2D eigenvalue weighted by molar-refractivity contribution is 5.71. The smallest absolute Gasteiger partial charge is 0.306 e. The fraction of sp³-hybridized carbons (Fsp3) is 0.657. The topological polar surface area (TPSA) is 66.9 Å². The van der Waals surface area contributed by atoms with Crippen LogP contribution in [0.3, 0.4) is 0 Å². The number of ether oxygens (including phenoxy) is 2. The van der Waals surface area contributed by atoms with Gasteiger partial charge in [-0.2, -0.15) is 0 Å². The Balaban J connectivity index is 1.14. The molecule has 3 aliphatic heterocycles. The largest absolute Gasteiger partial charge is 0.460 e. The molecule has 6 rings (SSSR count). The lowest BCUT2D eigenvalue weighted by Crippen LogP contribution is -2.36. The summed E-state index contributed by atoms with van der Waals surface area (Å²) in [6.45, 7) is 13.4. The highest BCUT2D eigenvalue weighted by atomic mass is 16.6. The van der Waals surface area contributed by atoms with Crippen molar-refractivity contribution in [2.24, 2.45) is 5.92 Å². The fourth-order valence-corrected chi connectivity index (χ4v) is 6.91. The Kier molecular flexibility index (Phi) is 9.06. The number of hydrogen-bond donors (Lipinski definition) is 1. The van der Waals surface area contributed by atoms with Gasteiger partial charge in [-0.3, -0.25) is 4.79 Å². The molecule has 2 atom stereocenters. The maximum absolute atomic E-state index is 13.2. The summed E-state index contributed by atoms with van der Waals surface area (Å²) in [6.07, 6.45) is 8.69. The molecule has 0 bridgehead atoms. The Hall–Kier alpha value is -2.64. The first kappa shape index (κ1) is 29.4. The summed E-state index contributed by atoms with van der Waals surface area (Å²) in [7, 11) is 0. The molecule has 1 saturated carbocycles. The molecule has 7 heteroatoms. The van der Waals surface area contributed by atoms with E-state index in [0.29, 0.717) is 18.3 Å². The number of morpholine rings is 1. The summed E-state index contributed by atoms with van der Waals surface area (Å²) in [4.78, 5) is 23.2. The number of pyridine rings is 1. The minimum atomic E-state index is -0.477. The second-order valence-corrected chi connectivity index (χ2v) is 14.0. The number of nitrogens with one attached hydrogen (secondary N) is 1. The average molecular weight is 575 g/mol. The molecule has 0 radical (unpaired) electrons. The van der Waals surface area contributed by atoms with Crippen LogP contribution in [0.5, 0.6) is 0 Å². The third-order valence-corrected chi connectivity index (χ3v) is 9.30. The lowest BCUT2D eigenvalue weighted by molar-refractivity contribution is -0.155. The molecule has 1 aliphatic carbocycles. The van der Waals surface area contributed by atoms with E-state index < -0.39 is 5.60 Å². The van der Waals surface area contributed by atoms with Gasteiger partial charge < -0.3 is 24.6 Å². The van der Waals surface area contributed by atoms with Crippen molar-refractivity contribution >= 4 is 17.5 Å². The van der Waals surface area contributed by atoms with Gasteiger partial charge in [-0.05, 0) is 119 Å². The van der Waals surface area contributed by atoms with Crippen molar-refractivity contribution in [3.63, 3.8) is 0 Å². The number of aromatic nitrogens is 1. The molecule has 7 nitrogen and oxygen atoms in total. The average Bonchev–Trinajstić information content (AvgIpc) is 3.74. The Morgan fingerprint density at radius 1 is 1.12 bits per heavy atom. The second kappa shape index (κ2) is 12.9. The minimum absolute atomic E-state index is 0.0971. The van der Waals surface area contributed by atoms with Crippen LogP contribution in [0.1, 0.15) is 93.5 Å². The molecule has 228 valence electrons. The van der Waals surface area contributed by atoms with E-state index in [9.17, 15) is 4.79 Å². The summed E-state index contributed by atoms with van der Waals surface area (Å²) < 4.78 is 11.5. The highest BCUT2D eigenvalue weighted by Gasteiger charge is 2.31. The molecule has 3 fully saturated rings. The zero-order chi connectivity index (χ0) is 29.1. The molecule has 4 heterocycles. The van der Waals surface area contributed by atoms with E-state index >= 15 is 0 Å². The van der Waals surface area contributed by atoms with Crippen LogP contribution < -0.4 is 10.2 Å². The second-order valence-electron chi connectivity index (χ2n) is 14.0. The van der Waals surface area contributed by atoms with Gasteiger partial charge in [0.25, 0.3) is 0 Å². The van der Waals surface area contributed by atoms with Crippen LogP contribution in [-0.2, 0) is 27.1 Å². The summed E-state index contributed by atoms with van der Waals surface area (Å²) >= 11 is 0. The molecule has 1 aromatic heterocycles. The van der Waals surface area contributed by atoms with Gasteiger partial charge in [0, 0.05) is 50.0 Å². The molecule has 2 aromatic rings. The lowest BCUT2D eigenvalue weighted by atomic mass is 9.91. The number of anilines is 2. The zero-order valence-corrected chi connectivity index (χ0v) is 26.0. The van der Waals surface area contributed by atoms with Crippen LogP contribution in [0.2, 0.25) is 0 Å². The van der Waals surface area contributed by atoms with Crippen molar-refractivity contribution in [3.05, 3.63) is 52.7 Å². The first-order chi connectivity index (χ1) is 20.3. The van der Waals surface area contributed by atoms with E-state index in [1.54, 1.807) is 0 Å². The Bertz CT molecular complexity index is 1230. The van der Waals surface area contributed by atoms with Crippen LogP contribution in [0.4, 0.5) is 11.5 Å². The number of nitrogens with zero attached hydrogens (tertiary/aromatic N) is 3. The lowest BCUT2D eigenvalue weighted by Gasteiger charge is -2.31. The van der Waals surface area contributed by atoms with Gasteiger partial charge >= 0.3 is 5.97 Å². The molecule has 4 aliphatic rings. The van der Waals surface area contributed by atoms with Crippen molar-refractivity contribution in [2.45, 2.75) is 89.6 Å². The maximum Gasteiger partial charge on any atom is 0.306 e. The number of aryl methyl sites for hydroxylation is 2. The van der Waals surface area contributed by atoms with Gasteiger partial charge in [-0.25, -0.2) is 4.98 Å². The Morgan fingerprint density at radius 3 is 2.74 bits per heavy atom. The normalized spacial score (nSPS) is 22.0. The first-order valence-corrected chi connectivity index (χ1v) is 16.4. The standard InChI is InChI=1S/C35H50N4O3/c1-35(2,3)42-33(40)22-30(29-19-28(26-7-8-26)20-32(21-29)39-15-17-41-18-16-39)24-38-14-12-25(23-38)6-10-31-11-9-27-5-4-13-36-34(27)37-31/h9,11,19-21,25-26,30H,4-8,10,12-18,22-24H2,1-3H3,(H,36,37)/t25-,30-/m1/s1. The summed E-state index contributed by atoms with van der Waals surface area (Å²) in [6, 6.07) is 11.7. The number of likely N-dealkylation sites (tertiary alicyclic amines) is 1. The fourth-order valence-electron chi connectivity index (χ4n) is 6.91. The SMILES string of the molecule is CC(C)(C)OC(=O)C[C@H](CN1CC[C@@H](CCc2ccc3c(n2)NCCC3)C1)c1cc(C2CC2)cc(N2CCOCC2)c1. The number of carbonyl (C=O) groups excluding carboxylic acids is 1. The minimum Gasteiger partial charge on any atom is -0.460 e. The molecule has 42 heavy (non-hydrogen) atoms. The van der Waals surface area contributed by atoms with Gasteiger partial charge in [0.2, 0.25) is 0 Å². The molecule has 2 saturated heterocycles. The predicted octanol–water partition coefficient (Wildman–Crippen LogP) is 5.92. The van der Waals surface area contributed by atoms with E-state index in [1.165, 1.54) is 53.8 Å². The van der Waals surface area contributed by atoms with Gasteiger partial charge in [-0.15, -0.1) is 0 Å². The number of esters is 1. The van der Waals surface area contributed by atoms with Gasteiger partial charge in [-0.1, -0.05) is 12.1 Å². The molecule has 0 spiro atoms. The first-order valence-electron chi connectivity index (χ1n) is 16.4. The van der Waals surface area contributed by atoms with Crippen molar-refractivity contribution in [3.8, 4) is 0 Å². The van der Waals surface area contributed by atoms with Gasteiger partial charge in [0.15, 0.2) is 0 Å². The summed E-state index contributed by atoms with van der Waals surface area (Å²) in [5.74, 6) is 2.45. The van der Waals surface area contributed by atoms with Crippen LogP contribution in [0, 0.1) is 5.92 Å². The van der Waals surface area contributed by atoms with E-state index in [-0.39, 0.29) is 11.9 Å². The van der Waals surface area contributed by atoms with Crippen molar-refractivity contribution in [1.29, 1.82) is 0 Å². The molecule has 1 aromatic carbocycles. The number of hydrogen-bond acceptors (Lipinski definition) is 7. The summed E-state index contributed by atoms with van der Waals surface area (Å²) in [5, 5.41) is 3.48. The van der Waals surface area contributed by atoms with E-state index in [1.807, 2.05) is 20.8 Å². The molecule has 0 amide bonds. The Morgan fingerprint density at radius 2 is 1.95 bits per heavy atom. The van der Waals surface area contributed by atoms with Crippen LogP contribution >= 0.6 is 0 Å². The van der Waals surface area contributed by atoms with E-state index in [0.717, 1.165) is 77.6 Å². The van der Waals surface area contributed by atoms with Crippen LogP contribution in [0.25, 0.3) is 0 Å². The molecule has 1 N–H and O–H groups in total. The predicted molar refractivity (Wildman–Crippen MR) is 169 cm³/mol. The summed E-state index contributed by atoms with van der Waals surface area (Å²) in [5.41, 5.74) is 6.11. The molecule has 0 unspecified atom stereocenters. The third kappa shape index (κ3) is 7.84. The maximum atomic E-state index is 13.2. The van der Waals surface area contributed by atoms with Crippen LogP contribution in [0.15, 0.2) is 30.3 Å². The third-order valence-electron chi connectivity index (χ3n) is 9.30. The highest BCUT2D eigenvalue weighted by Crippen LogP contribution is 2.43. The molecular weight excluding hydrogens is 524 g/mol. The van der Waals surface area contributed by atoms with Crippen molar-refractivity contribution in [1.82, 2.24) is 9.88 Å². The van der Waals surface area contributed by atoms with Gasteiger partial charge in [0.1, 0.15) is 11.4 Å². The van der Waals surface area contributed by atoms with Crippen LogP contribution in [-0.4, -0.2) is 73.9 Å². The van der Waals surface area contributed by atoms with E-state index in [4.69, 9.17) is 14.5 Å². The molecular formula is C35H50N4O3.